The smallest absolute Gasteiger partial charge is 0.260 e. The van der Waals surface area contributed by atoms with Crippen molar-refractivity contribution in [3.05, 3.63) is 29.3 Å². The molecule has 1 aromatic carbocycles. The van der Waals surface area contributed by atoms with Crippen molar-refractivity contribution in [1.29, 1.82) is 0 Å². The molecule has 0 saturated carbocycles. The number of aliphatic hydroxyl groups excluding tert-OH is 1. The SMILES string of the molecule is CCC(CC)N(CCO)C(=O)COc1cc(C)ccc1C. The summed E-state index contributed by atoms with van der Waals surface area (Å²) in [7, 11) is 0. The molecule has 4 nitrogen and oxygen atoms in total. The van der Waals surface area contributed by atoms with Crippen LogP contribution in [0, 0.1) is 13.8 Å². The van der Waals surface area contributed by atoms with Gasteiger partial charge in [0.15, 0.2) is 6.61 Å². The summed E-state index contributed by atoms with van der Waals surface area (Å²) in [6.45, 7) is 8.42. The zero-order chi connectivity index (χ0) is 15.8. The summed E-state index contributed by atoms with van der Waals surface area (Å²) in [4.78, 5) is 14.1. The van der Waals surface area contributed by atoms with E-state index in [-0.39, 0.29) is 25.2 Å². The first kappa shape index (κ1) is 17.5. The first-order valence-electron chi connectivity index (χ1n) is 7.63. The highest BCUT2D eigenvalue weighted by Gasteiger charge is 2.21. The third-order valence-electron chi connectivity index (χ3n) is 3.74. The molecule has 0 aliphatic carbocycles. The number of ether oxygens (including phenoxy) is 1. The van der Waals surface area contributed by atoms with Gasteiger partial charge < -0.3 is 14.7 Å². The molecule has 0 saturated heterocycles. The summed E-state index contributed by atoms with van der Waals surface area (Å²) in [6.07, 6.45) is 1.76. The molecule has 0 aliphatic heterocycles. The monoisotopic (exact) mass is 293 g/mol. The van der Waals surface area contributed by atoms with Crippen LogP contribution in [0.5, 0.6) is 5.75 Å². The lowest BCUT2D eigenvalue weighted by molar-refractivity contribution is -0.136. The number of hydrogen-bond donors (Lipinski definition) is 1. The molecular formula is C17H27NO3. The summed E-state index contributed by atoms with van der Waals surface area (Å²) < 4.78 is 5.67. The van der Waals surface area contributed by atoms with Crippen LogP contribution in [0.1, 0.15) is 37.8 Å². The highest BCUT2D eigenvalue weighted by Crippen LogP contribution is 2.19. The van der Waals surface area contributed by atoms with Gasteiger partial charge in [0.05, 0.1) is 6.61 Å². The quantitative estimate of drug-likeness (QED) is 0.801. The summed E-state index contributed by atoms with van der Waals surface area (Å²) in [5, 5.41) is 9.16. The van der Waals surface area contributed by atoms with Crippen LogP contribution in [-0.4, -0.2) is 41.7 Å². The van der Waals surface area contributed by atoms with Gasteiger partial charge in [0, 0.05) is 12.6 Å². The van der Waals surface area contributed by atoms with Gasteiger partial charge in [0.2, 0.25) is 0 Å². The summed E-state index contributed by atoms with van der Waals surface area (Å²) in [5.41, 5.74) is 2.12. The van der Waals surface area contributed by atoms with Crippen molar-refractivity contribution in [3.63, 3.8) is 0 Å². The molecule has 0 bridgehead atoms. The lowest BCUT2D eigenvalue weighted by Crippen LogP contribution is -2.44. The minimum absolute atomic E-state index is 0.0147. The van der Waals surface area contributed by atoms with E-state index in [1.807, 2.05) is 32.0 Å². The molecule has 4 heteroatoms. The molecule has 0 radical (unpaired) electrons. The van der Waals surface area contributed by atoms with E-state index in [0.29, 0.717) is 6.54 Å². The predicted molar refractivity (Wildman–Crippen MR) is 84.6 cm³/mol. The van der Waals surface area contributed by atoms with Crippen LogP contribution in [0.25, 0.3) is 0 Å². The van der Waals surface area contributed by atoms with Crippen molar-refractivity contribution >= 4 is 5.91 Å². The second-order valence-corrected chi connectivity index (χ2v) is 5.34. The summed E-state index contributed by atoms with van der Waals surface area (Å²) in [5.74, 6) is 0.676. The van der Waals surface area contributed by atoms with Crippen molar-refractivity contribution in [1.82, 2.24) is 4.90 Å². The largest absolute Gasteiger partial charge is 0.483 e. The molecule has 21 heavy (non-hydrogen) atoms. The zero-order valence-electron chi connectivity index (χ0n) is 13.6. The number of hydrogen-bond acceptors (Lipinski definition) is 3. The van der Waals surface area contributed by atoms with E-state index in [4.69, 9.17) is 9.84 Å². The number of carbonyl (C=O) groups is 1. The number of carbonyl (C=O) groups excluding carboxylic acids is 1. The van der Waals surface area contributed by atoms with Gasteiger partial charge in [-0.3, -0.25) is 4.79 Å². The number of amides is 1. The standard InChI is InChI=1S/C17H27NO3/c1-5-15(6-2)18(9-10-19)17(20)12-21-16-11-13(3)7-8-14(16)4/h7-8,11,15,19H,5-6,9-10,12H2,1-4H3. The van der Waals surface area contributed by atoms with Gasteiger partial charge >= 0.3 is 0 Å². The maximum absolute atomic E-state index is 12.4. The van der Waals surface area contributed by atoms with Gasteiger partial charge in [-0.1, -0.05) is 26.0 Å². The molecule has 1 rings (SSSR count). The van der Waals surface area contributed by atoms with Gasteiger partial charge in [-0.25, -0.2) is 0 Å². The minimum Gasteiger partial charge on any atom is -0.483 e. The average Bonchev–Trinajstić information content (AvgIpc) is 2.48. The molecule has 0 aromatic heterocycles. The molecule has 0 heterocycles. The minimum atomic E-state index is -0.0707. The molecule has 0 fully saturated rings. The van der Waals surface area contributed by atoms with Gasteiger partial charge in [-0.2, -0.15) is 0 Å². The highest BCUT2D eigenvalue weighted by atomic mass is 16.5. The normalized spacial score (nSPS) is 10.8. The van der Waals surface area contributed by atoms with Crippen LogP contribution in [0.15, 0.2) is 18.2 Å². The number of aliphatic hydroxyl groups is 1. The Morgan fingerprint density at radius 1 is 1.29 bits per heavy atom. The van der Waals surface area contributed by atoms with Crippen molar-refractivity contribution < 1.29 is 14.6 Å². The molecule has 0 unspecified atom stereocenters. The Balaban J connectivity index is 2.71. The van der Waals surface area contributed by atoms with Gasteiger partial charge in [0.1, 0.15) is 5.75 Å². The highest BCUT2D eigenvalue weighted by molar-refractivity contribution is 5.78. The Morgan fingerprint density at radius 3 is 2.52 bits per heavy atom. The molecule has 0 aliphatic rings. The van der Waals surface area contributed by atoms with Crippen LogP contribution in [0.4, 0.5) is 0 Å². The molecule has 118 valence electrons. The van der Waals surface area contributed by atoms with E-state index in [0.717, 1.165) is 29.7 Å². The average molecular weight is 293 g/mol. The van der Waals surface area contributed by atoms with Crippen molar-refractivity contribution in [2.75, 3.05) is 19.8 Å². The number of aryl methyl sites for hydroxylation is 2. The molecule has 1 aromatic rings. The summed E-state index contributed by atoms with van der Waals surface area (Å²) in [6, 6.07) is 6.11. The van der Waals surface area contributed by atoms with Gasteiger partial charge in [-0.05, 0) is 43.9 Å². The second kappa shape index (κ2) is 8.67. The Hall–Kier alpha value is -1.55. The van der Waals surface area contributed by atoms with E-state index in [2.05, 4.69) is 13.8 Å². The maximum Gasteiger partial charge on any atom is 0.260 e. The Labute approximate surface area is 127 Å². The fraction of sp³-hybridized carbons (Fsp3) is 0.588. The third-order valence-corrected chi connectivity index (χ3v) is 3.74. The predicted octanol–water partition coefficient (Wildman–Crippen LogP) is 2.69. The molecule has 1 amide bonds. The summed E-state index contributed by atoms with van der Waals surface area (Å²) >= 11 is 0. The Kier molecular flexibility index (Phi) is 7.23. The van der Waals surface area contributed by atoms with Gasteiger partial charge in [0.25, 0.3) is 5.91 Å². The first-order valence-corrected chi connectivity index (χ1v) is 7.63. The fourth-order valence-corrected chi connectivity index (χ4v) is 2.43. The number of benzene rings is 1. The van der Waals surface area contributed by atoms with Gasteiger partial charge in [-0.15, -0.1) is 0 Å². The van der Waals surface area contributed by atoms with Crippen LogP contribution >= 0.6 is 0 Å². The maximum atomic E-state index is 12.4. The molecule has 0 atom stereocenters. The number of rotatable bonds is 8. The van der Waals surface area contributed by atoms with E-state index < -0.39 is 0 Å². The van der Waals surface area contributed by atoms with Crippen molar-refractivity contribution in [2.45, 2.75) is 46.6 Å². The lowest BCUT2D eigenvalue weighted by Gasteiger charge is -2.30. The van der Waals surface area contributed by atoms with Crippen LogP contribution in [-0.2, 0) is 4.79 Å². The van der Waals surface area contributed by atoms with E-state index >= 15 is 0 Å². The van der Waals surface area contributed by atoms with Crippen molar-refractivity contribution in [2.24, 2.45) is 0 Å². The van der Waals surface area contributed by atoms with E-state index in [1.54, 1.807) is 4.90 Å². The molecular weight excluding hydrogens is 266 g/mol. The first-order chi connectivity index (χ1) is 10.0. The molecule has 0 spiro atoms. The van der Waals surface area contributed by atoms with E-state index in [9.17, 15) is 4.79 Å². The third kappa shape index (κ3) is 5.05. The lowest BCUT2D eigenvalue weighted by atomic mass is 10.1. The topological polar surface area (TPSA) is 49.8 Å². The zero-order valence-corrected chi connectivity index (χ0v) is 13.6. The number of nitrogens with zero attached hydrogens (tertiary/aromatic N) is 1. The van der Waals surface area contributed by atoms with Crippen molar-refractivity contribution in [3.8, 4) is 5.75 Å². The van der Waals surface area contributed by atoms with Crippen LogP contribution in [0.2, 0.25) is 0 Å². The Morgan fingerprint density at radius 2 is 1.95 bits per heavy atom. The Bertz CT molecular complexity index is 455. The van der Waals surface area contributed by atoms with Crippen LogP contribution in [0.3, 0.4) is 0 Å². The van der Waals surface area contributed by atoms with Crippen LogP contribution < -0.4 is 4.74 Å². The second-order valence-electron chi connectivity index (χ2n) is 5.34. The fourth-order valence-electron chi connectivity index (χ4n) is 2.43. The molecule has 1 N–H and O–H groups in total. The van der Waals surface area contributed by atoms with E-state index in [1.165, 1.54) is 0 Å².